The van der Waals surface area contributed by atoms with Gasteiger partial charge in [0.2, 0.25) is 0 Å². The van der Waals surface area contributed by atoms with Crippen LogP contribution in [0.25, 0.3) is 10.8 Å². The third-order valence-electron chi connectivity index (χ3n) is 5.23. The summed E-state index contributed by atoms with van der Waals surface area (Å²) in [6.45, 7) is 4.79. The van der Waals surface area contributed by atoms with Gasteiger partial charge in [-0.15, -0.1) is 0 Å². The molecule has 0 radical (unpaired) electrons. The lowest BCUT2D eigenvalue weighted by molar-refractivity contribution is 0.101. The molecule has 2 heterocycles. The van der Waals surface area contributed by atoms with Crippen molar-refractivity contribution < 1.29 is 4.79 Å². The standard InChI is InChI=1S/C26H26N4O/c1-20(31)21-8-9-23-17-24(11-10-22(23)16-21)29-14-15-30(18-25-6-2-4-12-27-25)19-26-7-3-5-13-28-26/h2-13,16-17,29H,14-15,18-19H2,1H3. The van der Waals surface area contributed by atoms with Crippen molar-refractivity contribution in [2.45, 2.75) is 20.0 Å². The summed E-state index contributed by atoms with van der Waals surface area (Å²) in [7, 11) is 0. The lowest BCUT2D eigenvalue weighted by Crippen LogP contribution is -2.29. The van der Waals surface area contributed by atoms with Gasteiger partial charge >= 0.3 is 0 Å². The van der Waals surface area contributed by atoms with Gasteiger partial charge in [-0.2, -0.15) is 0 Å². The Morgan fingerprint density at radius 2 is 1.48 bits per heavy atom. The second-order valence-corrected chi connectivity index (χ2v) is 7.61. The monoisotopic (exact) mass is 410 g/mol. The highest BCUT2D eigenvalue weighted by Gasteiger charge is 2.09. The molecule has 0 spiro atoms. The van der Waals surface area contributed by atoms with Crippen LogP contribution in [0.15, 0.2) is 85.2 Å². The van der Waals surface area contributed by atoms with Crippen LogP contribution in [0.1, 0.15) is 28.7 Å². The summed E-state index contributed by atoms with van der Waals surface area (Å²) in [6.07, 6.45) is 3.66. The lowest BCUT2D eigenvalue weighted by atomic mass is 10.0. The Morgan fingerprint density at radius 1 is 0.839 bits per heavy atom. The third kappa shape index (κ3) is 5.74. The molecule has 4 aromatic rings. The SMILES string of the molecule is CC(=O)c1ccc2cc(NCCN(Cc3ccccn3)Cc3ccccn3)ccc2c1. The minimum absolute atomic E-state index is 0.0880. The van der Waals surface area contributed by atoms with Crippen molar-refractivity contribution in [2.75, 3.05) is 18.4 Å². The van der Waals surface area contributed by atoms with Crippen molar-refractivity contribution in [2.24, 2.45) is 0 Å². The van der Waals surface area contributed by atoms with E-state index in [9.17, 15) is 4.79 Å². The van der Waals surface area contributed by atoms with Crippen LogP contribution in [0.4, 0.5) is 5.69 Å². The molecule has 0 saturated heterocycles. The zero-order chi connectivity index (χ0) is 21.5. The fourth-order valence-electron chi connectivity index (χ4n) is 3.59. The maximum absolute atomic E-state index is 11.6. The lowest BCUT2D eigenvalue weighted by Gasteiger charge is -2.22. The van der Waals surface area contributed by atoms with Gasteiger partial charge in [0, 0.05) is 49.8 Å². The first-order valence-electron chi connectivity index (χ1n) is 10.5. The highest BCUT2D eigenvalue weighted by Crippen LogP contribution is 2.21. The van der Waals surface area contributed by atoms with Crippen molar-refractivity contribution in [3.8, 4) is 0 Å². The molecular formula is C26H26N4O. The summed E-state index contributed by atoms with van der Waals surface area (Å²) in [6, 6.07) is 24.1. The first-order chi connectivity index (χ1) is 15.2. The van der Waals surface area contributed by atoms with E-state index in [1.165, 1.54) is 0 Å². The topological polar surface area (TPSA) is 58.1 Å². The number of anilines is 1. The molecule has 0 unspecified atom stereocenters. The average molecular weight is 411 g/mol. The molecule has 0 atom stereocenters. The van der Waals surface area contributed by atoms with Gasteiger partial charge in [0.15, 0.2) is 5.78 Å². The molecule has 2 aromatic heterocycles. The molecule has 0 bridgehead atoms. The van der Waals surface area contributed by atoms with E-state index in [4.69, 9.17) is 0 Å². The summed E-state index contributed by atoms with van der Waals surface area (Å²) < 4.78 is 0. The molecule has 4 rings (SSSR count). The maximum Gasteiger partial charge on any atom is 0.159 e. The van der Waals surface area contributed by atoms with E-state index in [0.717, 1.165) is 59.6 Å². The number of carbonyl (C=O) groups is 1. The van der Waals surface area contributed by atoms with E-state index in [-0.39, 0.29) is 5.78 Å². The van der Waals surface area contributed by atoms with Gasteiger partial charge in [-0.25, -0.2) is 0 Å². The first kappa shape index (κ1) is 20.7. The molecule has 5 heteroatoms. The molecule has 0 aliphatic rings. The van der Waals surface area contributed by atoms with E-state index < -0.39 is 0 Å². The highest BCUT2D eigenvalue weighted by molar-refractivity contribution is 5.99. The van der Waals surface area contributed by atoms with Gasteiger partial charge in [0.25, 0.3) is 0 Å². The van der Waals surface area contributed by atoms with Crippen molar-refractivity contribution in [3.63, 3.8) is 0 Å². The van der Waals surface area contributed by atoms with Crippen LogP contribution in [0, 0.1) is 0 Å². The maximum atomic E-state index is 11.6. The Bertz CT molecular complexity index is 1100. The number of ketones is 1. The molecule has 0 saturated carbocycles. The van der Waals surface area contributed by atoms with E-state index in [0.29, 0.717) is 0 Å². The molecular weight excluding hydrogens is 384 g/mol. The number of Topliss-reactive ketones (excluding diaryl/α,β-unsaturated/α-hetero) is 1. The summed E-state index contributed by atoms with van der Waals surface area (Å²) in [4.78, 5) is 22.9. The minimum Gasteiger partial charge on any atom is -0.384 e. The molecule has 1 N–H and O–H groups in total. The van der Waals surface area contributed by atoms with Gasteiger partial charge < -0.3 is 5.32 Å². The number of fused-ring (bicyclic) bond motifs is 1. The Morgan fingerprint density at radius 3 is 2.10 bits per heavy atom. The number of rotatable bonds is 9. The second-order valence-electron chi connectivity index (χ2n) is 7.61. The summed E-state index contributed by atoms with van der Waals surface area (Å²) in [5, 5.41) is 5.72. The van der Waals surface area contributed by atoms with E-state index in [2.05, 4.69) is 50.5 Å². The smallest absolute Gasteiger partial charge is 0.159 e. The minimum atomic E-state index is 0.0880. The fraction of sp³-hybridized carbons (Fsp3) is 0.192. The molecule has 0 aliphatic carbocycles. The number of nitrogens with one attached hydrogen (secondary N) is 1. The summed E-state index contributed by atoms with van der Waals surface area (Å²) in [5.41, 5.74) is 3.91. The number of benzene rings is 2. The molecule has 0 amide bonds. The van der Waals surface area contributed by atoms with Crippen LogP contribution in [0.3, 0.4) is 0 Å². The molecule has 0 aliphatic heterocycles. The summed E-state index contributed by atoms with van der Waals surface area (Å²) >= 11 is 0. The Kier molecular flexibility index (Phi) is 6.65. The highest BCUT2D eigenvalue weighted by atomic mass is 16.1. The van der Waals surface area contributed by atoms with Gasteiger partial charge in [-0.1, -0.05) is 30.3 Å². The number of aromatic nitrogens is 2. The molecule has 2 aromatic carbocycles. The van der Waals surface area contributed by atoms with E-state index >= 15 is 0 Å². The Labute approximate surface area is 182 Å². The second kappa shape index (κ2) is 9.96. The normalized spacial score (nSPS) is 11.0. The van der Waals surface area contributed by atoms with Crippen LogP contribution in [0.2, 0.25) is 0 Å². The van der Waals surface area contributed by atoms with Gasteiger partial charge in [-0.05, 0) is 60.2 Å². The Balaban J connectivity index is 1.41. The van der Waals surface area contributed by atoms with Gasteiger partial charge in [-0.3, -0.25) is 19.7 Å². The van der Waals surface area contributed by atoms with Crippen LogP contribution < -0.4 is 5.32 Å². The zero-order valence-electron chi connectivity index (χ0n) is 17.7. The zero-order valence-corrected chi connectivity index (χ0v) is 17.7. The fourth-order valence-corrected chi connectivity index (χ4v) is 3.59. The van der Waals surface area contributed by atoms with Crippen molar-refractivity contribution in [1.29, 1.82) is 0 Å². The molecule has 5 nitrogen and oxygen atoms in total. The first-order valence-corrected chi connectivity index (χ1v) is 10.5. The Hall–Kier alpha value is -3.57. The third-order valence-corrected chi connectivity index (χ3v) is 5.23. The van der Waals surface area contributed by atoms with Crippen molar-refractivity contribution >= 4 is 22.2 Å². The van der Waals surface area contributed by atoms with Crippen molar-refractivity contribution in [3.05, 3.63) is 102 Å². The van der Waals surface area contributed by atoms with E-state index in [1.807, 2.05) is 54.9 Å². The quantitative estimate of drug-likeness (QED) is 0.396. The predicted octanol–water partition coefficient (Wildman–Crippen LogP) is 4.95. The van der Waals surface area contributed by atoms with Crippen molar-refractivity contribution in [1.82, 2.24) is 14.9 Å². The average Bonchev–Trinajstić information content (AvgIpc) is 2.80. The van der Waals surface area contributed by atoms with Gasteiger partial charge in [0.1, 0.15) is 0 Å². The largest absolute Gasteiger partial charge is 0.384 e. The predicted molar refractivity (Wildman–Crippen MR) is 125 cm³/mol. The van der Waals surface area contributed by atoms with Crippen LogP contribution in [0.5, 0.6) is 0 Å². The number of nitrogens with zero attached hydrogens (tertiary/aromatic N) is 3. The number of carbonyl (C=O) groups excluding carboxylic acids is 1. The number of hydrogen-bond acceptors (Lipinski definition) is 5. The molecule has 156 valence electrons. The molecule has 0 fully saturated rings. The number of hydrogen-bond donors (Lipinski definition) is 1. The van der Waals surface area contributed by atoms with Gasteiger partial charge in [0.05, 0.1) is 11.4 Å². The number of pyridine rings is 2. The molecule has 31 heavy (non-hydrogen) atoms. The van der Waals surface area contributed by atoms with Crippen LogP contribution in [-0.2, 0) is 13.1 Å². The van der Waals surface area contributed by atoms with E-state index in [1.54, 1.807) is 6.92 Å². The van der Waals surface area contributed by atoms with Crippen LogP contribution in [-0.4, -0.2) is 33.7 Å². The van der Waals surface area contributed by atoms with Crippen LogP contribution >= 0.6 is 0 Å². The summed E-state index contributed by atoms with van der Waals surface area (Å²) in [5.74, 6) is 0.0880.